The Hall–Kier alpha value is -2.62. The largest absolute Gasteiger partial charge is 0.357 e. The molecule has 0 radical (unpaired) electrons. The van der Waals surface area contributed by atoms with E-state index in [1.165, 1.54) is 0 Å². The van der Waals surface area contributed by atoms with Gasteiger partial charge in [-0.15, -0.1) is 24.0 Å². The quantitative estimate of drug-likeness (QED) is 0.179. The minimum atomic E-state index is 0. The van der Waals surface area contributed by atoms with E-state index in [0.717, 1.165) is 54.3 Å². The Labute approximate surface area is 200 Å². The number of aliphatic imine (C=N–C) groups is 1. The minimum Gasteiger partial charge on any atom is -0.357 e. The number of guanidine groups is 1. The minimum absolute atomic E-state index is 0. The number of carbonyl (C=O) groups is 1. The molecule has 0 fully saturated rings. The van der Waals surface area contributed by atoms with Crippen LogP contribution >= 0.6 is 24.0 Å². The third-order valence-corrected chi connectivity index (χ3v) is 4.69. The maximum absolute atomic E-state index is 12.0. The highest BCUT2D eigenvalue weighted by molar-refractivity contribution is 14.0. The van der Waals surface area contributed by atoms with Gasteiger partial charge in [0.25, 0.3) is 5.91 Å². The summed E-state index contributed by atoms with van der Waals surface area (Å²) in [6.07, 6.45) is 1.83. The SMILES string of the molecule is CCNC(=NCc1ccc(C(=O)N(C)C)cc1)NCCCc1nc2ccccc2[nH]1.I. The Bertz CT molecular complexity index is 964. The van der Waals surface area contributed by atoms with E-state index in [2.05, 4.69) is 25.6 Å². The lowest BCUT2D eigenvalue weighted by Gasteiger charge is -2.12. The molecule has 0 saturated carbocycles. The van der Waals surface area contributed by atoms with Crippen LogP contribution in [0.3, 0.4) is 0 Å². The number of aromatic amines is 1. The molecule has 0 saturated heterocycles. The zero-order valence-corrected chi connectivity index (χ0v) is 20.6. The Balaban J connectivity index is 0.00000341. The number of benzene rings is 2. The molecule has 3 rings (SSSR count). The maximum Gasteiger partial charge on any atom is 0.253 e. The van der Waals surface area contributed by atoms with Gasteiger partial charge in [0.05, 0.1) is 17.6 Å². The van der Waals surface area contributed by atoms with Crippen LogP contribution in [0.1, 0.15) is 35.1 Å². The average molecular weight is 534 g/mol. The van der Waals surface area contributed by atoms with Crippen LogP contribution in [0.15, 0.2) is 53.5 Å². The summed E-state index contributed by atoms with van der Waals surface area (Å²) in [4.78, 5) is 26.2. The van der Waals surface area contributed by atoms with Gasteiger partial charge in [0.2, 0.25) is 0 Å². The molecule has 0 aliphatic rings. The first-order chi connectivity index (χ1) is 14.6. The van der Waals surface area contributed by atoms with Gasteiger partial charge in [-0.05, 0) is 43.2 Å². The van der Waals surface area contributed by atoms with E-state index in [9.17, 15) is 4.79 Å². The molecule has 0 atom stereocenters. The van der Waals surface area contributed by atoms with Crippen molar-refractivity contribution in [3.8, 4) is 0 Å². The highest BCUT2D eigenvalue weighted by Gasteiger charge is 2.07. The monoisotopic (exact) mass is 534 g/mol. The predicted octanol–water partition coefficient (Wildman–Crippen LogP) is 3.57. The number of aromatic nitrogens is 2. The number of nitrogens with one attached hydrogen (secondary N) is 3. The first-order valence-electron chi connectivity index (χ1n) is 10.3. The van der Waals surface area contributed by atoms with Crippen molar-refractivity contribution in [2.45, 2.75) is 26.3 Å². The van der Waals surface area contributed by atoms with Crippen LogP contribution in [0.5, 0.6) is 0 Å². The molecule has 1 amide bonds. The molecule has 0 aliphatic carbocycles. The highest BCUT2D eigenvalue weighted by atomic mass is 127. The fraction of sp³-hybridized carbons (Fsp3) is 0.348. The van der Waals surface area contributed by atoms with Crippen LogP contribution in [-0.4, -0.2) is 53.9 Å². The third-order valence-electron chi connectivity index (χ3n) is 4.69. The molecule has 0 aliphatic heterocycles. The number of fused-ring (bicyclic) bond motifs is 1. The lowest BCUT2D eigenvalue weighted by atomic mass is 10.1. The zero-order valence-electron chi connectivity index (χ0n) is 18.3. The fourth-order valence-electron chi connectivity index (χ4n) is 3.11. The Morgan fingerprint density at radius 3 is 2.52 bits per heavy atom. The summed E-state index contributed by atoms with van der Waals surface area (Å²) < 4.78 is 0. The van der Waals surface area contributed by atoms with Crippen LogP contribution in [0.4, 0.5) is 0 Å². The molecular formula is C23H31IN6O. The van der Waals surface area contributed by atoms with E-state index in [4.69, 9.17) is 0 Å². The van der Waals surface area contributed by atoms with Gasteiger partial charge in [-0.25, -0.2) is 9.98 Å². The Morgan fingerprint density at radius 1 is 1.10 bits per heavy atom. The van der Waals surface area contributed by atoms with Crippen molar-refractivity contribution in [3.63, 3.8) is 0 Å². The van der Waals surface area contributed by atoms with Crippen molar-refractivity contribution in [2.24, 2.45) is 4.99 Å². The molecule has 3 N–H and O–H groups in total. The summed E-state index contributed by atoms with van der Waals surface area (Å²) in [7, 11) is 3.51. The number of halogens is 1. The second-order valence-electron chi connectivity index (χ2n) is 7.32. The number of hydrogen-bond acceptors (Lipinski definition) is 3. The van der Waals surface area contributed by atoms with Crippen molar-refractivity contribution in [2.75, 3.05) is 27.2 Å². The molecule has 1 heterocycles. The van der Waals surface area contributed by atoms with Gasteiger partial charge in [0, 0.05) is 39.2 Å². The summed E-state index contributed by atoms with van der Waals surface area (Å²) >= 11 is 0. The zero-order chi connectivity index (χ0) is 21.3. The van der Waals surface area contributed by atoms with Crippen molar-refractivity contribution in [3.05, 3.63) is 65.5 Å². The van der Waals surface area contributed by atoms with Crippen molar-refractivity contribution >= 4 is 46.9 Å². The van der Waals surface area contributed by atoms with Gasteiger partial charge in [-0.2, -0.15) is 0 Å². The Morgan fingerprint density at radius 2 is 1.84 bits per heavy atom. The van der Waals surface area contributed by atoms with Crippen LogP contribution in [0, 0.1) is 0 Å². The summed E-state index contributed by atoms with van der Waals surface area (Å²) in [6.45, 7) is 4.20. The second kappa shape index (κ2) is 12.3. The fourth-order valence-corrected chi connectivity index (χ4v) is 3.11. The molecule has 7 nitrogen and oxygen atoms in total. The number of nitrogens with zero attached hydrogens (tertiary/aromatic N) is 3. The molecule has 8 heteroatoms. The van der Waals surface area contributed by atoms with E-state index < -0.39 is 0 Å². The van der Waals surface area contributed by atoms with Gasteiger partial charge in [-0.3, -0.25) is 4.79 Å². The first kappa shape index (κ1) is 24.6. The van der Waals surface area contributed by atoms with Crippen molar-refractivity contribution in [1.82, 2.24) is 25.5 Å². The van der Waals surface area contributed by atoms with E-state index in [1.807, 2.05) is 55.5 Å². The third kappa shape index (κ3) is 7.23. The number of aryl methyl sites for hydroxylation is 1. The number of carbonyl (C=O) groups excluding carboxylic acids is 1. The molecule has 1 aromatic heterocycles. The number of para-hydroxylation sites is 2. The van der Waals surface area contributed by atoms with Crippen LogP contribution < -0.4 is 10.6 Å². The molecule has 3 aromatic rings. The van der Waals surface area contributed by atoms with E-state index in [0.29, 0.717) is 12.1 Å². The molecule has 0 spiro atoms. The van der Waals surface area contributed by atoms with E-state index in [1.54, 1.807) is 19.0 Å². The van der Waals surface area contributed by atoms with Crippen LogP contribution in [0.2, 0.25) is 0 Å². The topological polar surface area (TPSA) is 85.4 Å². The van der Waals surface area contributed by atoms with Gasteiger partial charge in [-0.1, -0.05) is 24.3 Å². The van der Waals surface area contributed by atoms with Crippen LogP contribution in [-0.2, 0) is 13.0 Å². The lowest BCUT2D eigenvalue weighted by molar-refractivity contribution is 0.0827. The summed E-state index contributed by atoms with van der Waals surface area (Å²) in [5, 5.41) is 6.65. The van der Waals surface area contributed by atoms with Gasteiger partial charge in [0.1, 0.15) is 5.82 Å². The summed E-state index contributed by atoms with van der Waals surface area (Å²) in [6, 6.07) is 15.7. The molecular weight excluding hydrogens is 503 g/mol. The molecule has 2 aromatic carbocycles. The smallest absolute Gasteiger partial charge is 0.253 e. The van der Waals surface area contributed by atoms with Gasteiger partial charge < -0.3 is 20.5 Å². The molecule has 166 valence electrons. The van der Waals surface area contributed by atoms with Crippen molar-refractivity contribution < 1.29 is 4.79 Å². The average Bonchev–Trinajstić information content (AvgIpc) is 3.17. The number of imidazole rings is 1. The summed E-state index contributed by atoms with van der Waals surface area (Å²) in [5.41, 5.74) is 3.83. The highest BCUT2D eigenvalue weighted by Crippen LogP contribution is 2.11. The number of hydrogen-bond donors (Lipinski definition) is 3. The van der Waals surface area contributed by atoms with Crippen LogP contribution in [0.25, 0.3) is 11.0 Å². The molecule has 0 unspecified atom stereocenters. The van der Waals surface area contributed by atoms with E-state index >= 15 is 0 Å². The standard InChI is InChI=1S/C23H30N6O.HI/c1-4-24-23(26-16-17-11-13-18(14-12-17)22(30)29(2)3)25-15-7-10-21-27-19-8-5-6-9-20(19)28-21;/h5-6,8-9,11-14H,4,7,10,15-16H2,1-3H3,(H,27,28)(H2,24,25,26);1H. The van der Waals surface area contributed by atoms with Gasteiger partial charge in [0.15, 0.2) is 5.96 Å². The predicted molar refractivity (Wildman–Crippen MR) is 137 cm³/mol. The molecule has 0 bridgehead atoms. The molecule has 31 heavy (non-hydrogen) atoms. The van der Waals surface area contributed by atoms with Crippen molar-refractivity contribution in [1.29, 1.82) is 0 Å². The van der Waals surface area contributed by atoms with E-state index in [-0.39, 0.29) is 29.9 Å². The number of rotatable bonds is 8. The summed E-state index contributed by atoms with van der Waals surface area (Å²) in [5.74, 6) is 1.80. The number of H-pyrrole nitrogens is 1. The number of amides is 1. The maximum atomic E-state index is 12.0. The van der Waals surface area contributed by atoms with Gasteiger partial charge >= 0.3 is 0 Å². The Kier molecular flexibility index (Phi) is 9.77. The first-order valence-corrected chi connectivity index (χ1v) is 10.3. The normalized spacial score (nSPS) is 11.1. The second-order valence-corrected chi connectivity index (χ2v) is 7.32. The lowest BCUT2D eigenvalue weighted by Crippen LogP contribution is -2.37.